The molecule has 1 saturated carbocycles. The third kappa shape index (κ3) is 4.25. The summed E-state index contributed by atoms with van der Waals surface area (Å²) in [5.41, 5.74) is 1.33. The lowest BCUT2D eigenvalue weighted by molar-refractivity contribution is 0.0758. The second-order valence-corrected chi connectivity index (χ2v) is 7.28. The van der Waals surface area contributed by atoms with Crippen molar-refractivity contribution in [2.45, 2.75) is 44.6 Å². The number of carbonyl (C=O) groups is 2. The molecule has 0 bridgehead atoms. The van der Waals surface area contributed by atoms with Crippen LogP contribution in [0.3, 0.4) is 0 Å². The summed E-state index contributed by atoms with van der Waals surface area (Å²) in [7, 11) is 0. The number of hydrogen-bond acceptors (Lipinski definition) is 3. The number of carbonyl (C=O) groups excluding carboxylic acids is 2. The predicted octanol–water partition coefficient (Wildman–Crippen LogP) is 4.12. The highest BCUT2D eigenvalue weighted by molar-refractivity contribution is 6.02. The molecule has 0 unspecified atom stereocenters. The Morgan fingerprint density at radius 2 is 1.85 bits per heavy atom. The van der Waals surface area contributed by atoms with Crippen LogP contribution in [0, 0.1) is 5.82 Å². The molecular weight excluding hydrogens is 345 g/mol. The number of benzene rings is 2. The lowest BCUT2D eigenvalue weighted by Gasteiger charge is -2.36. The van der Waals surface area contributed by atoms with Gasteiger partial charge in [0.05, 0.1) is 12.1 Å². The molecule has 0 aromatic heterocycles. The Kier molecular flexibility index (Phi) is 5.71. The molecular formula is C22H24FNO3. The first-order valence-electron chi connectivity index (χ1n) is 9.28. The van der Waals surface area contributed by atoms with Crippen LogP contribution in [0.25, 0.3) is 11.1 Å². The van der Waals surface area contributed by atoms with Gasteiger partial charge in [-0.15, -0.1) is 0 Å². The van der Waals surface area contributed by atoms with Crippen LogP contribution in [-0.4, -0.2) is 28.9 Å². The number of rotatable bonds is 5. The van der Waals surface area contributed by atoms with E-state index in [4.69, 9.17) is 0 Å². The molecule has 2 aromatic rings. The maximum atomic E-state index is 13.7. The minimum absolute atomic E-state index is 0.0865. The van der Waals surface area contributed by atoms with Crippen LogP contribution < -0.4 is 5.32 Å². The van der Waals surface area contributed by atoms with Gasteiger partial charge in [-0.1, -0.05) is 31.4 Å². The number of Topliss-reactive ketones (excluding diaryl/α,β-unsaturated/α-hetero) is 1. The van der Waals surface area contributed by atoms with Gasteiger partial charge in [0.1, 0.15) is 5.82 Å². The van der Waals surface area contributed by atoms with E-state index in [-0.39, 0.29) is 18.3 Å². The van der Waals surface area contributed by atoms with Gasteiger partial charge in [-0.05, 0) is 61.2 Å². The van der Waals surface area contributed by atoms with Crippen LogP contribution in [0.4, 0.5) is 4.39 Å². The highest BCUT2D eigenvalue weighted by Gasteiger charge is 2.33. The van der Waals surface area contributed by atoms with E-state index >= 15 is 0 Å². The molecule has 27 heavy (non-hydrogen) atoms. The molecule has 0 radical (unpaired) electrons. The summed E-state index contributed by atoms with van der Waals surface area (Å²) in [6.45, 7) is 1.35. The Balaban J connectivity index is 1.91. The fourth-order valence-corrected chi connectivity index (χ4v) is 3.75. The Morgan fingerprint density at radius 3 is 2.52 bits per heavy atom. The molecule has 1 fully saturated rings. The number of aliphatic hydroxyl groups excluding tert-OH is 1. The molecule has 5 heteroatoms. The van der Waals surface area contributed by atoms with Crippen molar-refractivity contribution >= 4 is 11.7 Å². The van der Waals surface area contributed by atoms with Crippen LogP contribution in [0.15, 0.2) is 42.5 Å². The molecule has 2 aromatic carbocycles. The molecule has 0 aliphatic heterocycles. The normalized spacial score (nSPS) is 16.0. The van der Waals surface area contributed by atoms with Gasteiger partial charge < -0.3 is 10.4 Å². The minimum Gasteiger partial charge on any atom is -0.394 e. The number of hydrogen-bond donors (Lipinski definition) is 2. The smallest absolute Gasteiger partial charge is 0.251 e. The number of halogens is 1. The average Bonchev–Trinajstić information content (AvgIpc) is 2.68. The van der Waals surface area contributed by atoms with Crippen molar-refractivity contribution in [3.8, 4) is 11.1 Å². The second kappa shape index (κ2) is 8.01. The number of amides is 1. The van der Waals surface area contributed by atoms with Gasteiger partial charge in [-0.3, -0.25) is 9.59 Å². The van der Waals surface area contributed by atoms with Gasteiger partial charge in [-0.25, -0.2) is 4.39 Å². The minimum atomic E-state index is -0.575. The van der Waals surface area contributed by atoms with Crippen molar-refractivity contribution in [3.05, 3.63) is 59.4 Å². The first-order valence-corrected chi connectivity index (χ1v) is 9.28. The highest BCUT2D eigenvalue weighted by atomic mass is 19.1. The molecule has 142 valence electrons. The third-order valence-electron chi connectivity index (χ3n) is 5.29. The summed E-state index contributed by atoms with van der Waals surface area (Å²) < 4.78 is 13.7. The lowest BCUT2D eigenvalue weighted by atomic mass is 9.82. The molecule has 0 spiro atoms. The van der Waals surface area contributed by atoms with Crippen LogP contribution in [0.2, 0.25) is 0 Å². The number of ketones is 1. The van der Waals surface area contributed by atoms with Crippen LogP contribution in [0.5, 0.6) is 0 Å². The topological polar surface area (TPSA) is 66.4 Å². The SMILES string of the molecule is CC(=O)c1ccc(F)cc1-c1cccc(C(=O)NC2(CO)CCCCC2)c1. The molecule has 4 nitrogen and oxygen atoms in total. The molecule has 1 aliphatic rings. The van der Waals surface area contributed by atoms with Crippen molar-refractivity contribution in [2.75, 3.05) is 6.61 Å². The molecule has 0 atom stereocenters. The van der Waals surface area contributed by atoms with Crippen molar-refractivity contribution in [2.24, 2.45) is 0 Å². The summed E-state index contributed by atoms with van der Waals surface area (Å²) in [6, 6.07) is 10.8. The van der Waals surface area contributed by atoms with E-state index in [1.54, 1.807) is 24.3 Å². The Morgan fingerprint density at radius 1 is 1.11 bits per heavy atom. The molecule has 1 amide bonds. The highest BCUT2D eigenvalue weighted by Crippen LogP contribution is 2.29. The molecule has 1 aliphatic carbocycles. The zero-order chi connectivity index (χ0) is 19.4. The predicted molar refractivity (Wildman–Crippen MR) is 102 cm³/mol. The quantitative estimate of drug-likeness (QED) is 0.779. The zero-order valence-corrected chi connectivity index (χ0v) is 15.4. The first kappa shape index (κ1) is 19.2. The van der Waals surface area contributed by atoms with E-state index in [0.717, 1.165) is 32.1 Å². The van der Waals surface area contributed by atoms with Crippen LogP contribution in [0.1, 0.15) is 59.7 Å². The van der Waals surface area contributed by atoms with Crippen molar-refractivity contribution in [1.82, 2.24) is 5.32 Å². The molecule has 3 rings (SSSR count). The van der Waals surface area contributed by atoms with E-state index in [9.17, 15) is 19.1 Å². The Labute approximate surface area is 158 Å². The largest absolute Gasteiger partial charge is 0.394 e. The standard InChI is InChI=1S/C22H24FNO3/c1-15(26)19-9-8-18(23)13-20(19)16-6-5-7-17(12-16)21(27)24-22(14-25)10-3-2-4-11-22/h5-9,12-13,25H,2-4,10-11,14H2,1H3,(H,24,27). The van der Waals surface area contributed by atoms with Gasteiger partial charge in [0.2, 0.25) is 0 Å². The van der Waals surface area contributed by atoms with E-state index in [1.165, 1.54) is 25.1 Å². The summed E-state index contributed by atoms with van der Waals surface area (Å²) in [6.07, 6.45) is 4.58. The first-order chi connectivity index (χ1) is 12.9. The van der Waals surface area contributed by atoms with E-state index < -0.39 is 11.4 Å². The molecule has 0 heterocycles. The average molecular weight is 369 g/mol. The second-order valence-electron chi connectivity index (χ2n) is 7.28. The summed E-state index contributed by atoms with van der Waals surface area (Å²) >= 11 is 0. The van der Waals surface area contributed by atoms with Crippen LogP contribution in [-0.2, 0) is 0 Å². The Bertz CT molecular complexity index is 856. The summed E-state index contributed by atoms with van der Waals surface area (Å²) in [5, 5.41) is 12.8. The van der Waals surface area contributed by atoms with E-state index in [1.807, 2.05) is 0 Å². The Hall–Kier alpha value is -2.53. The fraction of sp³-hybridized carbons (Fsp3) is 0.364. The maximum Gasteiger partial charge on any atom is 0.251 e. The van der Waals surface area contributed by atoms with Crippen molar-refractivity contribution < 1.29 is 19.1 Å². The van der Waals surface area contributed by atoms with Crippen molar-refractivity contribution in [1.29, 1.82) is 0 Å². The van der Waals surface area contributed by atoms with E-state index in [0.29, 0.717) is 22.3 Å². The third-order valence-corrected chi connectivity index (χ3v) is 5.29. The fourth-order valence-electron chi connectivity index (χ4n) is 3.75. The van der Waals surface area contributed by atoms with Gasteiger partial charge in [0, 0.05) is 11.1 Å². The van der Waals surface area contributed by atoms with Crippen LogP contribution >= 0.6 is 0 Å². The maximum absolute atomic E-state index is 13.7. The molecule has 2 N–H and O–H groups in total. The summed E-state index contributed by atoms with van der Waals surface area (Å²) in [4.78, 5) is 24.7. The lowest BCUT2D eigenvalue weighted by Crippen LogP contribution is -2.52. The van der Waals surface area contributed by atoms with Gasteiger partial charge in [0.15, 0.2) is 5.78 Å². The molecule has 0 saturated heterocycles. The van der Waals surface area contributed by atoms with Gasteiger partial charge in [-0.2, -0.15) is 0 Å². The van der Waals surface area contributed by atoms with Gasteiger partial charge >= 0.3 is 0 Å². The van der Waals surface area contributed by atoms with E-state index in [2.05, 4.69) is 5.32 Å². The van der Waals surface area contributed by atoms with Crippen molar-refractivity contribution in [3.63, 3.8) is 0 Å². The number of nitrogens with one attached hydrogen (secondary N) is 1. The van der Waals surface area contributed by atoms with Gasteiger partial charge in [0.25, 0.3) is 5.91 Å². The summed E-state index contributed by atoms with van der Waals surface area (Å²) in [5.74, 6) is -0.874. The monoisotopic (exact) mass is 369 g/mol. The zero-order valence-electron chi connectivity index (χ0n) is 15.4. The number of aliphatic hydroxyl groups is 1.